The molecule has 2 N–H and O–H groups in total. The molecule has 0 aliphatic heterocycles. The minimum atomic E-state index is -0.461. The van der Waals surface area contributed by atoms with Gasteiger partial charge in [-0.1, -0.05) is 12.2 Å². The number of aryl methyl sites for hydroxylation is 2. The van der Waals surface area contributed by atoms with Gasteiger partial charge in [-0.05, 0) is 27.7 Å². The molecule has 0 fully saturated rings. The minimum absolute atomic E-state index is 0.397. The molecule has 6 nitrogen and oxygen atoms in total. The summed E-state index contributed by atoms with van der Waals surface area (Å²) in [4.78, 5) is 11.4. The lowest BCUT2D eigenvalue weighted by atomic mass is 10.2. The maximum absolute atomic E-state index is 11.4. The van der Waals surface area contributed by atoms with Gasteiger partial charge in [-0.15, -0.1) is 0 Å². The molecule has 0 radical (unpaired) electrons. The van der Waals surface area contributed by atoms with Crippen molar-refractivity contribution in [3.05, 3.63) is 29.6 Å². The topological polar surface area (TPSA) is 68.2 Å². The van der Waals surface area contributed by atoms with Gasteiger partial charge in [-0.2, -0.15) is 5.10 Å². The third-order valence-corrected chi connectivity index (χ3v) is 2.62. The Bertz CT molecular complexity index is 486. The zero-order chi connectivity index (χ0) is 15.9. The SMILES string of the molecule is Cc1nn(C)cc1CNC/C=C/CNC(=O)OC(C)(C)C. The van der Waals surface area contributed by atoms with E-state index < -0.39 is 11.7 Å². The van der Waals surface area contributed by atoms with Crippen LogP contribution in [0.1, 0.15) is 32.0 Å². The molecular formula is C15H26N4O2. The van der Waals surface area contributed by atoms with E-state index >= 15 is 0 Å². The molecular weight excluding hydrogens is 268 g/mol. The lowest BCUT2D eigenvalue weighted by Gasteiger charge is -2.19. The van der Waals surface area contributed by atoms with Gasteiger partial charge in [0.15, 0.2) is 0 Å². The monoisotopic (exact) mass is 294 g/mol. The molecule has 0 aromatic carbocycles. The first kappa shape index (κ1) is 17.2. The Morgan fingerprint density at radius 1 is 1.38 bits per heavy atom. The molecule has 6 heteroatoms. The second kappa shape index (κ2) is 7.83. The first-order valence-corrected chi connectivity index (χ1v) is 7.09. The molecule has 1 rings (SSSR count). The third kappa shape index (κ3) is 7.51. The van der Waals surface area contributed by atoms with Crippen LogP contribution in [0.2, 0.25) is 0 Å². The van der Waals surface area contributed by atoms with E-state index in [1.165, 1.54) is 5.56 Å². The molecule has 0 bridgehead atoms. The van der Waals surface area contributed by atoms with Crippen LogP contribution in [0.5, 0.6) is 0 Å². The zero-order valence-electron chi connectivity index (χ0n) is 13.6. The fraction of sp³-hybridized carbons (Fsp3) is 0.600. The van der Waals surface area contributed by atoms with Crippen LogP contribution in [0.25, 0.3) is 0 Å². The van der Waals surface area contributed by atoms with E-state index in [1.807, 2.05) is 57.8 Å². The molecule has 0 unspecified atom stereocenters. The molecule has 1 amide bonds. The molecule has 1 aromatic rings. The summed E-state index contributed by atoms with van der Waals surface area (Å²) in [5.74, 6) is 0. The van der Waals surface area contributed by atoms with Crippen LogP contribution in [0, 0.1) is 6.92 Å². The number of alkyl carbamates (subject to hydrolysis) is 1. The Kier molecular flexibility index (Phi) is 6.42. The highest BCUT2D eigenvalue weighted by atomic mass is 16.6. The lowest BCUT2D eigenvalue weighted by molar-refractivity contribution is 0.0534. The van der Waals surface area contributed by atoms with E-state index in [-0.39, 0.29) is 0 Å². The van der Waals surface area contributed by atoms with Gasteiger partial charge in [0, 0.05) is 38.4 Å². The van der Waals surface area contributed by atoms with Crippen molar-refractivity contribution in [1.82, 2.24) is 20.4 Å². The number of hydrogen-bond donors (Lipinski definition) is 2. The van der Waals surface area contributed by atoms with Crippen molar-refractivity contribution in [2.75, 3.05) is 13.1 Å². The minimum Gasteiger partial charge on any atom is -0.444 e. The van der Waals surface area contributed by atoms with Crippen molar-refractivity contribution in [1.29, 1.82) is 0 Å². The quantitative estimate of drug-likeness (QED) is 0.621. The van der Waals surface area contributed by atoms with E-state index in [2.05, 4.69) is 15.7 Å². The van der Waals surface area contributed by atoms with Crippen LogP contribution in [0.4, 0.5) is 4.79 Å². The molecule has 0 saturated heterocycles. The van der Waals surface area contributed by atoms with Gasteiger partial charge in [0.2, 0.25) is 0 Å². The Balaban J connectivity index is 2.13. The molecule has 0 spiro atoms. The summed E-state index contributed by atoms with van der Waals surface area (Å²) in [7, 11) is 1.92. The number of carbonyl (C=O) groups is 1. The largest absolute Gasteiger partial charge is 0.444 e. The third-order valence-electron chi connectivity index (χ3n) is 2.62. The van der Waals surface area contributed by atoms with Crippen molar-refractivity contribution in [2.45, 2.75) is 39.8 Å². The second-order valence-electron chi connectivity index (χ2n) is 5.90. The second-order valence-corrected chi connectivity index (χ2v) is 5.90. The Hall–Kier alpha value is -1.82. The van der Waals surface area contributed by atoms with Gasteiger partial charge < -0.3 is 15.4 Å². The number of carbonyl (C=O) groups excluding carboxylic acids is 1. The molecule has 21 heavy (non-hydrogen) atoms. The summed E-state index contributed by atoms with van der Waals surface area (Å²) in [6.45, 7) is 9.50. The predicted molar refractivity (Wildman–Crippen MR) is 83.0 cm³/mol. The van der Waals surface area contributed by atoms with Crippen LogP contribution in [-0.2, 0) is 18.3 Å². The number of nitrogens with zero attached hydrogens (tertiary/aromatic N) is 2. The first-order valence-electron chi connectivity index (χ1n) is 7.09. The van der Waals surface area contributed by atoms with E-state index in [9.17, 15) is 4.79 Å². The highest BCUT2D eigenvalue weighted by molar-refractivity contribution is 5.67. The summed E-state index contributed by atoms with van der Waals surface area (Å²) in [6.07, 6.45) is 5.48. The summed E-state index contributed by atoms with van der Waals surface area (Å²) in [5.41, 5.74) is 1.77. The number of rotatable bonds is 6. The van der Waals surface area contributed by atoms with Crippen molar-refractivity contribution >= 4 is 6.09 Å². The van der Waals surface area contributed by atoms with E-state index in [0.717, 1.165) is 18.8 Å². The number of nitrogens with one attached hydrogen (secondary N) is 2. The lowest BCUT2D eigenvalue weighted by Crippen LogP contribution is -2.32. The zero-order valence-corrected chi connectivity index (χ0v) is 13.6. The molecule has 0 aliphatic rings. The number of hydrogen-bond acceptors (Lipinski definition) is 4. The van der Waals surface area contributed by atoms with Gasteiger partial charge in [-0.3, -0.25) is 4.68 Å². The summed E-state index contributed by atoms with van der Waals surface area (Å²) >= 11 is 0. The smallest absolute Gasteiger partial charge is 0.407 e. The standard InChI is InChI=1S/C15H26N4O2/c1-12-13(11-19(5)18-12)10-16-8-6-7-9-17-14(20)21-15(2,3)4/h6-7,11,16H,8-10H2,1-5H3,(H,17,20)/b7-6+. The Labute approximate surface area is 126 Å². The van der Waals surface area contributed by atoms with Crippen LogP contribution in [0.15, 0.2) is 18.3 Å². The van der Waals surface area contributed by atoms with Crippen LogP contribution >= 0.6 is 0 Å². The highest BCUT2D eigenvalue weighted by Crippen LogP contribution is 2.06. The summed E-state index contributed by atoms with van der Waals surface area (Å²) < 4.78 is 6.94. The van der Waals surface area contributed by atoms with Crippen molar-refractivity contribution in [2.24, 2.45) is 7.05 Å². The van der Waals surface area contributed by atoms with E-state index in [0.29, 0.717) is 6.54 Å². The van der Waals surface area contributed by atoms with Crippen LogP contribution in [-0.4, -0.2) is 34.6 Å². The molecule has 0 atom stereocenters. The van der Waals surface area contributed by atoms with Gasteiger partial charge in [0.05, 0.1) is 5.69 Å². The van der Waals surface area contributed by atoms with Crippen molar-refractivity contribution < 1.29 is 9.53 Å². The van der Waals surface area contributed by atoms with Gasteiger partial charge in [0.25, 0.3) is 0 Å². The van der Waals surface area contributed by atoms with Gasteiger partial charge in [-0.25, -0.2) is 4.79 Å². The first-order chi connectivity index (χ1) is 9.78. The summed E-state index contributed by atoms with van der Waals surface area (Å²) in [5, 5.41) is 10.3. The molecule has 1 heterocycles. The number of amides is 1. The fourth-order valence-electron chi connectivity index (χ4n) is 1.74. The summed E-state index contributed by atoms with van der Waals surface area (Å²) in [6, 6.07) is 0. The predicted octanol–water partition coefficient (Wildman–Crippen LogP) is 1.90. The average molecular weight is 294 g/mol. The maximum Gasteiger partial charge on any atom is 0.407 e. The average Bonchev–Trinajstić information content (AvgIpc) is 2.64. The normalized spacial score (nSPS) is 11.9. The van der Waals surface area contributed by atoms with Crippen LogP contribution in [0.3, 0.4) is 0 Å². The van der Waals surface area contributed by atoms with E-state index in [4.69, 9.17) is 4.74 Å². The van der Waals surface area contributed by atoms with Gasteiger partial charge >= 0.3 is 6.09 Å². The highest BCUT2D eigenvalue weighted by Gasteiger charge is 2.14. The Morgan fingerprint density at radius 2 is 2.05 bits per heavy atom. The van der Waals surface area contributed by atoms with Crippen molar-refractivity contribution in [3.8, 4) is 0 Å². The van der Waals surface area contributed by atoms with Crippen molar-refractivity contribution in [3.63, 3.8) is 0 Å². The van der Waals surface area contributed by atoms with Crippen LogP contribution < -0.4 is 10.6 Å². The molecule has 0 saturated carbocycles. The number of aromatic nitrogens is 2. The maximum atomic E-state index is 11.4. The Morgan fingerprint density at radius 3 is 2.62 bits per heavy atom. The molecule has 1 aromatic heterocycles. The van der Waals surface area contributed by atoms with E-state index in [1.54, 1.807) is 0 Å². The fourth-order valence-corrected chi connectivity index (χ4v) is 1.74. The van der Waals surface area contributed by atoms with Gasteiger partial charge in [0.1, 0.15) is 5.60 Å². The molecule has 0 aliphatic carbocycles. The molecule has 118 valence electrons. The number of ether oxygens (including phenoxy) is 1.